The van der Waals surface area contributed by atoms with Crippen molar-refractivity contribution in [3.05, 3.63) is 162 Å². The van der Waals surface area contributed by atoms with Gasteiger partial charge in [-0.05, 0) is 108 Å². The van der Waals surface area contributed by atoms with Crippen LogP contribution in [0, 0.1) is 5.92 Å². The van der Waals surface area contributed by atoms with Crippen LogP contribution in [0.3, 0.4) is 0 Å². The van der Waals surface area contributed by atoms with Crippen molar-refractivity contribution in [1.82, 2.24) is 0 Å². The largest absolute Gasteiger partial charge is 0.386 e. The van der Waals surface area contributed by atoms with Crippen LogP contribution in [0.25, 0.3) is 10.8 Å². The summed E-state index contributed by atoms with van der Waals surface area (Å²) in [5.74, 6) is 0.764. The molecule has 1 aliphatic carbocycles. The molecule has 6 heteroatoms. The SMILES string of the molecule is CC(F)(F)F.CCCCN(c1ccccc1)c1ccc(C(c2ccc(N(CCCC)c3ccccc3)cc2)c2ccc(NC3CCCCC3C)c3ccccc23)cc1. The Labute approximate surface area is 344 Å². The maximum atomic E-state index is 10.4. The first-order valence-electron chi connectivity index (χ1n) is 21.3. The van der Waals surface area contributed by atoms with E-state index < -0.39 is 6.18 Å². The molecule has 0 aliphatic heterocycles. The minimum Gasteiger partial charge on any atom is -0.382 e. The van der Waals surface area contributed by atoms with Crippen molar-refractivity contribution in [3.8, 4) is 0 Å². The number of unbranched alkanes of at least 4 members (excludes halogenated alkanes) is 2. The zero-order valence-electron chi connectivity index (χ0n) is 34.7. The summed E-state index contributed by atoms with van der Waals surface area (Å²) in [5, 5.41) is 6.64. The zero-order valence-corrected chi connectivity index (χ0v) is 34.7. The maximum absolute atomic E-state index is 10.4. The van der Waals surface area contributed by atoms with Crippen molar-refractivity contribution >= 4 is 39.2 Å². The van der Waals surface area contributed by atoms with E-state index in [1.165, 1.54) is 81.6 Å². The van der Waals surface area contributed by atoms with Gasteiger partial charge >= 0.3 is 6.18 Å². The molecule has 58 heavy (non-hydrogen) atoms. The summed E-state index contributed by atoms with van der Waals surface area (Å²) in [5.41, 5.74) is 10.2. The lowest BCUT2D eigenvalue weighted by atomic mass is 9.82. The maximum Gasteiger partial charge on any atom is 0.386 e. The lowest BCUT2D eigenvalue weighted by Crippen LogP contribution is -2.30. The van der Waals surface area contributed by atoms with Gasteiger partial charge in [-0.3, -0.25) is 0 Å². The molecule has 1 aliphatic rings. The number of para-hydroxylation sites is 2. The van der Waals surface area contributed by atoms with E-state index in [-0.39, 0.29) is 12.8 Å². The smallest absolute Gasteiger partial charge is 0.382 e. The fourth-order valence-electron chi connectivity index (χ4n) is 8.34. The quantitative estimate of drug-likeness (QED) is 0.105. The highest BCUT2D eigenvalue weighted by atomic mass is 19.4. The third-order valence-corrected chi connectivity index (χ3v) is 11.4. The van der Waals surface area contributed by atoms with Crippen LogP contribution in [0.2, 0.25) is 0 Å². The summed E-state index contributed by atoms with van der Waals surface area (Å²) < 4.78 is 31.1. The van der Waals surface area contributed by atoms with Crippen LogP contribution in [0.5, 0.6) is 0 Å². The minimum absolute atomic E-state index is 0.0762. The summed E-state index contributed by atoms with van der Waals surface area (Å²) in [6.07, 6.45) is 5.84. The van der Waals surface area contributed by atoms with Crippen LogP contribution in [-0.4, -0.2) is 25.3 Å². The predicted octanol–water partition coefficient (Wildman–Crippen LogP) is 15.5. The second kappa shape index (κ2) is 20.5. The van der Waals surface area contributed by atoms with E-state index in [2.05, 4.69) is 181 Å². The molecular weight excluding hydrogens is 724 g/mol. The molecule has 0 amide bonds. The van der Waals surface area contributed by atoms with Crippen LogP contribution >= 0.6 is 0 Å². The first-order valence-corrected chi connectivity index (χ1v) is 21.3. The van der Waals surface area contributed by atoms with Crippen molar-refractivity contribution < 1.29 is 13.2 Å². The second-order valence-electron chi connectivity index (χ2n) is 15.8. The molecule has 1 saturated carbocycles. The molecule has 0 saturated heterocycles. The summed E-state index contributed by atoms with van der Waals surface area (Å²) in [7, 11) is 0. The van der Waals surface area contributed by atoms with E-state index in [4.69, 9.17) is 0 Å². The molecule has 0 aromatic heterocycles. The minimum atomic E-state index is -4.00. The average Bonchev–Trinajstić information content (AvgIpc) is 3.24. The van der Waals surface area contributed by atoms with Gasteiger partial charge in [0.15, 0.2) is 0 Å². The fraction of sp³-hybridized carbons (Fsp3) is 0.346. The summed E-state index contributed by atoms with van der Waals surface area (Å²) in [6.45, 7) is 9.14. The van der Waals surface area contributed by atoms with Crippen LogP contribution in [0.15, 0.2) is 146 Å². The second-order valence-corrected chi connectivity index (χ2v) is 15.8. The van der Waals surface area contributed by atoms with E-state index in [9.17, 15) is 13.2 Å². The Balaban J connectivity index is 0.00000107. The number of anilines is 5. The molecule has 1 N–H and O–H groups in total. The molecule has 0 radical (unpaired) electrons. The number of fused-ring (bicyclic) bond motifs is 1. The molecule has 6 aromatic rings. The summed E-state index contributed by atoms with van der Waals surface area (Å²) in [4.78, 5) is 4.93. The van der Waals surface area contributed by atoms with E-state index in [0.29, 0.717) is 12.0 Å². The van der Waals surface area contributed by atoms with Gasteiger partial charge in [-0.15, -0.1) is 0 Å². The highest BCUT2D eigenvalue weighted by Gasteiger charge is 2.25. The van der Waals surface area contributed by atoms with Gasteiger partial charge in [-0.2, -0.15) is 13.2 Å². The normalized spacial score (nSPS) is 15.4. The van der Waals surface area contributed by atoms with Gasteiger partial charge < -0.3 is 15.1 Å². The van der Waals surface area contributed by atoms with Crippen LogP contribution in [-0.2, 0) is 0 Å². The molecule has 7 rings (SSSR count). The van der Waals surface area contributed by atoms with E-state index in [0.717, 1.165) is 38.8 Å². The monoisotopic (exact) mass is 783 g/mol. The number of rotatable bonds is 15. The third kappa shape index (κ3) is 11.2. The van der Waals surface area contributed by atoms with E-state index >= 15 is 0 Å². The molecule has 2 atom stereocenters. The summed E-state index contributed by atoms with van der Waals surface area (Å²) in [6, 6.07) is 54.8. The number of nitrogens with zero attached hydrogens (tertiary/aromatic N) is 2. The topological polar surface area (TPSA) is 18.5 Å². The first kappa shape index (κ1) is 42.4. The van der Waals surface area contributed by atoms with E-state index in [1.807, 2.05) is 0 Å². The van der Waals surface area contributed by atoms with Crippen molar-refractivity contribution in [2.24, 2.45) is 5.92 Å². The molecular formula is C52H60F3N3. The average molecular weight is 784 g/mol. The van der Waals surface area contributed by atoms with Gasteiger partial charge in [0.1, 0.15) is 0 Å². The Hall–Kier alpha value is -5.23. The molecule has 0 spiro atoms. The van der Waals surface area contributed by atoms with Gasteiger partial charge in [0.25, 0.3) is 0 Å². The first-order chi connectivity index (χ1) is 28.1. The highest BCUT2D eigenvalue weighted by molar-refractivity contribution is 5.97. The Kier molecular flexibility index (Phi) is 14.9. The van der Waals surface area contributed by atoms with Gasteiger partial charge in [0.05, 0.1) is 0 Å². The molecule has 1 fully saturated rings. The lowest BCUT2D eigenvalue weighted by molar-refractivity contribution is -0.110. The van der Waals surface area contributed by atoms with Gasteiger partial charge in [-0.25, -0.2) is 0 Å². The predicted molar refractivity (Wildman–Crippen MR) is 241 cm³/mol. The number of nitrogens with one attached hydrogen (secondary N) is 1. The molecule has 3 nitrogen and oxygen atoms in total. The number of hydrogen-bond acceptors (Lipinski definition) is 3. The Morgan fingerprint density at radius 1 is 0.569 bits per heavy atom. The number of hydrogen-bond donors (Lipinski definition) is 1. The van der Waals surface area contributed by atoms with Crippen molar-refractivity contribution in [2.75, 3.05) is 28.2 Å². The molecule has 304 valence electrons. The Morgan fingerprint density at radius 3 is 1.47 bits per heavy atom. The van der Waals surface area contributed by atoms with Gasteiger partial charge in [0, 0.05) is 65.8 Å². The molecule has 0 bridgehead atoms. The molecule has 0 heterocycles. The number of halogens is 3. The highest BCUT2D eigenvalue weighted by Crippen LogP contribution is 2.41. The Bertz CT molecular complexity index is 2010. The number of benzene rings is 6. The number of alkyl halides is 3. The van der Waals surface area contributed by atoms with Crippen LogP contribution in [0.1, 0.15) is 102 Å². The Morgan fingerprint density at radius 2 is 1.00 bits per heavy atom. The van der Waals surface area contributed by atoms with Gasteiger partial charge in [0.2, 0.25) is 0 Å². The standard InChI is InChI=1S/C50H57N3.C2H3F3/c1-4-6-36-52(41-19-10-8-11-20-41)43-30-26-39(27-31-43)50(40-28-32-44(33-29-40)53(37-7-5-2)42-21-12-9-13-22-42)47-34-35-49(46-24-16-15-23-45(46)47)51-48-25-17-14-18-38(48)3;1-2(3,4)5/h8-13,15-16,19-24,26-35,38,48,50-51H,4-7,14,17-18,25,36-37H2,1-3H3;1H3. The summed E-state index contributed by atoms with van der Waals surface area (Å²) >= 11 is 0. The van der Waals surface area contributed by atoms with Crippen molar-refractivity contribution in [3.63, 3.8) is 0 Å². The van der Waals surface area contributed by atoms with Crippen LogP contribution < -0.4 is 15.1 Å². The van der Waals surface area contributed by atoms with Gasteiger partial charge in [-0.1, -0.05) is 137 Å². The molecule has 2 unspecified atom stereocenters. The van der Waals surface area contributed by atoms with Crippen molar-refractivity contribution in [1.29, 1.82) is 0 Å². The van der Waals surface area contributed by atoms with Crippen LogP contribution in [0.4, 0.5) is 41.6 Å². The fourth-order valence-corrected chi connectivity index (χ4v) is 8.34. The zero-order chi connectivity index (χ0) is 40.9. The van der Waals surface area contributed by atoms with E-state index in [1.54, 1.807) is 0 Å². The molecule has 6 aromatic carbocycles. The lowest BCUT2D eigenvalue weighted by Gasteiger charge is -2.31. The third-order valence-electron chi connectivity index (χ3n) is 11.4. The van der Waals surface area contributed by atoms with Crippen molar-refractivity contribution in [2.45, 2.75) is 97.2 Å².